The van der Waals surface area contributed by atoms with Gasteiger partial charge < -0.3 is 24.7 Å². The minimum absolute atomic E-state index is 0.0695. The normalized spacial score (nSPS) is 12.3. The first-order chi connectivity index (χ1) is 14.7. The fourth-order valence-electron chi connectivity index (χ4n) is 3.03. The van der Waals surface area contributed by atoms with Gasteiger partial charge in [0.05, 0.1) is 20.2 Å². The number of rotatable bonds is 9. The maximum Gasteiger partial charge on any atom is 0.191 e. The average molecular weight is 408 g/mol. The molecule has 0 spiro atoms. The Morgan fingerprint density at radius 1 is 1.07 bits per heavy atom. The smallest absolute Gasteiger partial charge is 0.191 e. The Bertz CT molecular complexity index is 940. The standard InChI is InChI=1S/C23H29N5O2/c1-18(30-21-12-8-7-11-20(21)29-3)15-26-23(24-2)27-16-22-25-13-14-28(22)17-19-9-5-4-6-10-19/h4-14,18H,15-17H2,1-3H3,(H2,24,26,27). The van der Waals surface area contributed by atoms with Crippen molar-refractivity contribution in [1.29, 1.82) is 0 Å². The van der Waals surface area contributed by atoms with Crippen LogP contribution in [0.4, 0.5) is 0 Å². The van der Waals surface area contributed by atoms with E-state index < -0.39 is 0 Å². The van der Waals surface area contributed by atoms with Crippen molar-refractivity contribution in [2.45, 2.75) is 26.1 Å². The summed E-state index contributed by atoms with van der Waals surface area (Å²) in [6.07, 6.45) is 3.74. The molecule has 0 amide bonds. The lowest BCUT2D eigenvalue weighted by molar-refractivity contribution is 0.213. The number of hydrogen-bond acceptors (Lipinski definition) is 4. The number of hydrogen-bond donors (Lipinski definition) is 2. The van der Waals surface area contributed by atoms with Crippen molar-refractivity contribution in [3.63, 3.8) is 0 Å². The van der Waals surface area contributed by atoms with E-state index in [-0.39, 0.29) is 6.10 Å². The first kappa shape index (κ1) is 21.2. The molecule has 1 heterocycles. The molecule has 0 aliphatic heterocycles. The number of ether oxygens (including phenoxy) is 2. The van der Waals surface area contributed by atoms with Gasteiger partial charge in [0.1, 0.15) is 11.9 Å². The topological polar surface area (TPSA) is 72.7 Å². The third kappa shape index (κ3) is 6.01. The van der Waals surface area contributed by atoms with Gasteiger partial charge in [-0.2, -0.15) is 0 Å². The summed E-state index contributed by atoms with van der Waals surface area (Å²) in [4.78, 5) is 8.76. The highest BCUT2D eigenvalue weighted by Gasteiger charge is 2.10. The summed E-state index contributed by atoms with van der Waals surface area (Å²) in [5.74, 6) is 3.08. The summed E-state index contributed by atoms with van der Waals surface area (Å²) in [5, 5.41) is 6.61. The maximum absolute atomic E-state index is 5.98. The monoisotopic (exact) mass is 407 g/mol. The minimum Gasteiger partial charge on any atom is -0.493 e. The molecule has 0 fully saturated rings. The molecule has 1 atom stereocenters. The summed E-state index contributed by atoms with van der Waals surface area (Å²) in [6.45, 7) is 3.95. The first-order valence-electron chi connectivity index (χ1n) is 9.97. The lowest BCUT2D eigenvalue weighted by Gasteiger charge is -2.19. The summed E-state index contributed by atoms with van der Waals surface area (Å²) in [7, 11) is 3.39. The molecule has 0 saturated carbocycles. The number of imidazole rings is 1. The Morgan fingerprint density at radius 2 is 1.80 bits per heavy atom. The molecule has 0 aliphatic carbocycles. The maximum atomic E-state index is 5.98. The van der Waals surface area contributed by atoms with E-state index in [4.69, 9.17) is 9.47 Å². The van der Waals surface area contributed by atoms with Gasteiger partial charge in [-0.05, 0) is 24.6 Å². The van der Waals surface area contributed by atoms with E-state index in [1.807, 2.05) is 61.8 Å². The number of guanidine groups is 1. The number of aliphatic imine (C=N–C) groups is 1. The zero-order chi connectivity index (χ0) is 21.2. The molecule has 3 aromatic rings. The van der Waals surface area contributed by atoms with Gasteiger partial charge in [0.2, 0.25) is 0 Å². The second-order valence-corrected chi connectivity index (χ2v) is 6.84. The second kappa shape index (κ2) is 10.9. The van der Waals surface area contributed by atoms with Crippen LogP contribution in [-0.2, 0) is 13.1 Å². The SMILES string of the molecule is CN=C(NCc1nccn1Cc1ccccc1)NCC(C)Oc1ccccc1OC. The molecule has 0 saturated heterocycles. The van der Waals surface area contributed by atoms with Gasteiger partial charge in [-0.15, -0.1) is 0 Å². The quantitative estimate of drug-likeness (QED) is 0.421. The van der Waals surface area contributed by atoms with Crippen molar-refractivity contribution in [3.05, 3.63) is 78.4 Å². The van der Waals surface area contributed by atoms with E-state index in [2.05, 4.69) is 37.3 Å². The molecule has 158 valence electrons. The highest BCUT2D eigenvalue weighted by molar-refractivity contribution is 5.79. The van der Waals surface area contributed by atoms with E-state index in [1.54, 1.807) is 14.2 Å². The third-order valence-corrected chi connectivity index (χ3v) is 4.59. The van der Waals surface area contributed by atoms with Crippen LogP contribution in [0.3, 0.4) is 0 Å². The summed E-state index contributed by atoms with van der Waals surface area (Å²) in [5.41, 5.74) is 1.24. The van der Waals surface area contributed by atoms with Crippen molar-refractivity contribution >= 4 is 5.96 Å². The van der Waals surface area contributed by atoms with Gasteiger partial charge in [0.25, 0.3) is 0 Å². The number of nitrogens with zero attached hydrogens (tertiary/aromatic N) is 3. The van der Waals surface area contributed by atoms with Crippen molar-refractivity contribution in [2.75, 3.05) is 20.7 Å². The van der Waals surface area contributed by atoms with Crippen LogP contribution < -0.4 is 20.1 Å². The predicted octanol–water partition coefficient (Wildman–Crippen LogP) is 3.07. The Morgan fingerprint density at radius 3 is 2.53 bits per heavy atom. The molecule has 1 aromatic heterocycles. The van der Waals surface area contributed by atoms with Crippen LogP contribution in [0.25, 0.3) is 0 Å². The van der Waals surface area contributed by atoms with Crippen LogP contribution in [0.1, 0.15) is 18.3 Å². The van der Waals surface area contributed by atoms with Crippen molar-refractivity contribution in [3.8, 4) is 11.5 Å². The summed E-state index contributed by atoms with van der Waals surface area (Å²) < 4.78 is 13.4. The van der Waals surface area contributed by atoms with Crippen LogP contribution in [0.15, 0.2) is 72.0 Å². The molecule has 1 unspecified atom stereocenters. The Kier molecular flexibility index (Phi) is 7.71. The van der Waals surface area contributed by atoms with E-state index in [9.17, 15) is 0 Å². The molecule has 2 N–H and O–H groups in total. The molecular formula is C23H29N5O2. The zero-order valence-electron chi connectivity index (χ0n) is 17.7. The van der Waals surface area contributed by atoms with Gasteiger partial charge in [0, 0.05) is 26.0 Å². The van der Waals surface area contributed by atoms with Crippen LogP contribution in [0.5, 0.6) is 11.5 Å². The first-order valence-corrected chi connectivity index (χ1v) is 9.97. The van der Waals surface area contributed by atoms with Gasteiger partial charge in [-0.25, -0.2) is 4.98 Å². The van der Waals surface area contributed by atoms with E-state index in [1.165, 1.54) is 5.56 Å². The summed E-state index contributed by atoms with van der Waals surface area (Å²) >= 11 is 0. The minimum atomic E-state index is -0.0695. The number of aromatic nitrogens is 2. The Labute approximate surface area is 177 Å². The Hall–Kier alpha value is -3.48. The molecule has 0 aliphatic rings. The fourth-order valence-corrected chi connectivity index (χ4v) is 3.03. The molecule has 30 heavy (non-hydrogen) atoms. The molecule has 3 rings (SSSR count). The number of nitrogens with one attached hydrogen (secondary N) is 2. The predicted molar refractivity (Wildman–Crippen MR) is 119 cm³/mol. The van der Waals surface area contributed by atoms with Crippen molar-refractivity contribution in [2.24, 2.45) is 4.99 Å². The van der Waals surface area contributed by atoms with Crippen LogP contribution >= 0.6 is 0 Å². The second-order valence-electron chi connectivity index (χ2n) is 6.84. The van der Waals surface area contributed by atoms with Gasteiger partial charge in [-0.1, -0.05) is 42.5 Å². The molecule has 2 aromatic carbocycles. The molecule has 7 heteroatoms. The number of benzene rings is 2. The highest BCUT2D eigenvalue weighted by atomic mass is 16.5. The van der Waals surface area contributed by atoms with E-state index >= 15 is 0 Å². The largest absolute Gasteiger partial charge is 0.493 e. The van der Waals surface area contributed by atoms with Crippen LogP contribution in [-0.4, -0.2) is 42.3 Å². The molecule has 0 bridgehead atoms. The number of methoxy groups -OCH3 is 1. The molecule has 0 radical (unpaired) electrons. The number of para-hydroxylation sites is 2. The van der Waals surface area contributed by atoms with Crippen molar-refractivity contribution < 1.29 is 9.47 Å². The van der Waals surface area contributed by atoms with Crippen LogP contribution in [0, 0.1) is 0 Å². The Balaban J connectivity index is 1.49. The summed E-state index contributed by atoms with van der Waals surface area (Å²) in [6, 6.07) is 18.0. The zero-order valence-corrected chi connectivity index (χ0v) is 17.7. The fraction of sp³-hybridized carbons (Fsp3) is 0.304. The van der Waals surface area contributed by atoms with Crippen LogP contribution in [0.2, 0.25) is 0 Å². The lowest BCUT2D eigenvalue weighted by Crippen LogP contribution is -2.41. The third-order valence-electron chi connectivity index (χ3n) is 4.59. The molecular weight excluding hydrogens is 378 g/mol. The van der Waals surface area contributed by atoms with E-state index in [0.717, 1.165) is 23.9 Å². The van der Waals surface area contributed by atoms with Crippen molar-refractivity contribution in [1.82, 2.24) is 20.2 Å². The van der Waals surface area contributed by atoms with Gasteiger partial charge >= 0.3 is 0 Å². The lowest BCUT2D eigenvalue weighted by atomic mass is 10.2. The molecule has 7 nitrogen and oxygen atoms in total. The van der Waals surface area contributed by atoms with E-state index in [0.29, 0.717) is 19.0 Å². The highest BCUT2D eigenvalue weighted by Crippen LogP contribution is 2.26. The average Bonchev–Trinajstić information content (AvgIpc) is 3.22. The van der Waals surface area contributed by atoms with Gasteiger partial charge in [0.15, 0.2) is 17.5 Å². The van der Waals surface area contributed by atoms with Gasteiger partial charge in [-0.3, -0.25) is 4.99 Å².